The van der Waals surface area contributed by atoms with Gasteiger partial charge < -0.3 is 5.73 Å². The minimum absolute atomic E-state index is 0.0875. The fourth-order valence-electron chi connectivity index (χ4n) is 3.81. The van der Waals surface area contributed by atoms with Crippen LogP contribution in [-0.2, 0) is 20.9 Å². The van der Waals surface area contributed by atoms with Crippen molar-refractivity contribution in [2.75, 3.05) is 0 Å². The molecule has 0 spiro atoms. The lowest BCUT2D eigenvalue weighted by Crippen LogP contribution is -2.54. The van der Waals surface area contributed by atoms with Crippen molar-refractivity contribution in [2.24, 2.45) is 23.5 Å². The van der Waals surface area contributed by atoms with Crippen LogP contribution in [0.3, 0.4) is 0 Å². The van der Waals surface area contributed by atoms with Crippen LogP contribution in [0.1, 0.15) is 44.7 Å². The third-order valence-corrected chi connectivity index (χ3v) is 5.58. The average molecular weight is 481 g/mol. The number of nitrogens with one attached hydrogen (secondary N) is 2. The van der Waals surface area contributed by atoms with Gasteiger partial charge in [-0.3, -0.25) is 25.0 Å². The van der Waals surface area contributed by atoms with Crippen LogP contribution in [0.5, 0.6) is 0 Å². The highest BCUT2D eigenvalue weighted by Crippen LogP contribution is 2.26. The van der Waals surface area contributed by atoms with Crippen LogP contribution in [0.4, 0.5) is 0 Å². The van der Waals surface area contributed by atoms with E-state index in [0.29, 0.717) is 6.42 Å². The molecule has 0 aliphatic carbocycles. The lowest BCUT2D eigenvalue weighted by Gasteiger charge is -2.30. The highest BCUT2D eigenvalue weighted by atomic mass is 16.5. The number of hydrogen-bond donors (Lipinski definition) is 4. The maximum absolute atomic E-state index is 13.5. The largest absolute Gasteiger partial charge is 0.320 e. The summed E-state index contributed by atoms with van der Waals surface area (Å²) >= 11 is 0. The Morgan fingerprint density at radius 3 is 2.09 bits per heavy atom. The molecule has 2 aromatic rings. The Bertz CT molecular complexity index is 977. The molecule has 2 rings (SSSR count). The summed E-state index contributed by atoms with van der Waals surface area (Å²) < 4.78 is 0. The van der Waals surface area contributed by atoms with Crippen molar-refractivity contribution < 1.29 is 19.6 Å². The number of hydrogen-bond acceptors (Lipinski definition) is 5. The Balaban J connectivity index is 2.28. The monoisotopic (exact) mass is 480 g/mol. The zero-order valence-corrected chi connectivity index (χ0v) is 20.6. The Labute approximate surface area is 207 Å². The predicted molar refractivity (Wildman–Crippen MR) is 135 cm³/mol. The molecule has 8 heteroatoms. The van der Waals surface area contributed by atoms with Crippen molar-refractivity contribution in [2.45, 2.75) is 46.2 Å². The molecule has 35 heavy (non-hydrogen) atoms. The SMILES string of the molecule is CC(C)C[C@@H](C(=O)NN(Cc1ccccc1)C(=O)[C@@H](C)N)[C@H](CC=Cc1ccccc1)C(=O)NO. The van der Waals surface area contributed by atoms with Gasteiger partial charge in [-0.15, -0.1) is 0 Å². The van der Waals surface area contributed by atoms with E-state index in [2.05, 4.69) is 5.43 Å². The third-order valence-electron chi connectivity index (χ3n) is 5.58. The highest BCUT2D eigenvalue weighted by Gasteiger charge is 2.35. The van der Waals surface area contributed by atoms with Gasteiger partial charge in [0.2, 0.25) is 11.8 Å². The minimum atomic E-state index is -0.841. The molecule has 188 valence electrons. The summed E-state index contributed by atoms with van der Waals surface area (Å²) in [6.45, 7) is 5.58. The first-order valence-electron chi connectivity index (χ1n) is 11.8. The lowest BCUT2D eigenvalue weighted by atomic mass is 9.82. The summed E-state index contributed by atoms with van der Waals surface area (Å²) in [5.41, 5.74) is 12.0. The van der Waals surface area contributed by atoms with E-state index in [9.17, 15) is 19.6 Å². The van der Waals surface area contributed by atoms with Crippen LogP contribution >= 0.6 is 0 Å². The second-order valence-corrected chi connectivity index (χ2v) is 9.04. The maximum atomic E-state index is 13.5. The lowest BCUT2D eigenvalue weighted by molar-refractivity contribution is -0.148. The normalized spacial score (nSPS) is 13.8. The molecule has 0 aromatic heterocycles. The zero-order valence-electron chi connectivity index (χ0n) is 20.6. The highest BCUT2D eigenvalue weighted by molar-refractivity contribution is 5.89. The summed E-state index contributed by atoms with van der Waals surface area (Å²) in [6, 6.07) is 18.0. The fraction of sp³-hybridized carbons (Fsp3) is 0.370. The molecule has 0 saturated heterocycles. The molecule has 0 unspecified atom stereocenters. The molecule has 0 bridgehead atoms. The average Bonchev–Trinajstić information content (AvgIpc) is 2.85. The van der Waals surface area contributed by atoms with Gasteiger partial charge in [-0.25, -0.2) is 10.5 Å². The number of amides is 3. The number of carbonyl (C=O) groups excluding carboxylic acids is 3. The Kier molecular flexibility index (Phi) is 11.1. The molecule has 0 radical (unpaired) electrons. The number of benzene rings is 2. The standard InChI is InChI=1S/C27H36N4O4/c1-19(2)17-24(23(26(33)30-35)16-10-15-21-11-6-4-7-12-21)25(32)29-31(27(34)20(3)28)18-22-13-8-5-9-14-22/h4-15,19-20,23-24,35H,16-18,28H2,1-3H3,(H,29,32)(H,30,33)/t20-,23+,24-/m1/s1. The van der Waals surface area contributed by atoms with Crippen molar-refractivity contribution in [3.8, 4) is 0 Å². The number of nitrogens with two attached hydrogens (primary N) is 1. The van der Waals surface area contributed by atoms with E-state index in [1.165, 1.54) is 5.01 Å². The second kappa shape index (κ2) is 14.0. The summed E-state index contributed by atoms with van der Waals surface area (Å²) in [5.74, 6) is -3.13. The van der Waals surface area contributed by atoms with Gasteiger partial charge in [0.25, 0.3) is 5.91 Å². The molecule has 3 atom stereocenters. The molecule has 0 fully saturated rings. The van der Waals surface area contributed by atoms with Crippen LogP contribution in [0, 0.1) is 17.8 Å². The Morgan fingerprint density at radius 1 is 0.943 bits per heavy atom. The van der Waals surface area contributed by atoms with Crippen LogP contribution in [0.2, 0.25) is 0 Å². The number of carbonyl (C=O) groups is 3. The molecule has 8 nitrogen and oxygen atoms in total. The number of rotatable bonds is 11. The van der Waals surface area contributed by atoms with Crippen molar-refractivity contribution in [3.05, 3.63) is 77.9 Å². The second-order valence-electron chi connectivity index (χ2n) is 9.04. The molecule has 0 heterocycles. The van der Waals surface area contributed by atoms with E-state index >= 15 is 0 Å². The minimum Gasteiger partial charge on any atom is -0.320 e. The first-order chi connectivity index (χ1) is 16.7. The Morgan fingerprint density at radius 2 is 1.54 bits per heavy atom. The van der Waals surface area contributed by atoms with Crippen molar-refractivity contribution >= 4 is 23.8 Å². The molecule has 0 saturated carbocycles. The van der Waals surface area contributed by atoms with E-state index < -0.39 is 35.6 Å². The summed E-state index contributed by atoms with van der Waals surface area (Å²) in [6.07, 6.45) is 4.29. The van der Waals surface area contributed by atoms with Crippen LogP contribution in [0.15, 0.2) is 66.7 Å². The van der Waals surface area contributed by atoms with E-state index in [1.807, 2.05) is 86.7 Å². The molecule has 2 aromatic carbocycles. The van der Waals surface area contributed by atoms with Crippen LogP contribution in [0.25, 0.3) is 6.08 Å². The van der Waals surface area contributed by atoms with Gasteiger partial charge in [-0.2, -0.15) is 0 Å². The first kappa shape index (κ1) is 27.8. The van der Waals surface area contributed by atoms with Crippen LogP contribution in [-0.4, -0.2) is 34.0 Å². The van der Waals surface area contributed by atoms with Crippen molar-refractivity contribution in [1.82, 2.24) is 15.9 Å². The van der Waals surface area contributed by atoms with Gasteiger partial charge in [0.1, 0.15) is 0 Å². The zero-order chi connectivity index (χ0) is 25.8. The molecule has 5 N–H and O–H groups in total. The number of hydroxylamine groups is 1. The Hall–Kier alpha value is -3.49. The van der Waals surface area contributed by atoms with E-state index in [-0.39, 0.29) is 18.9 Å². The molecule has 3 amide bonds. The maximum Gasteiger partial charge on any atom is 0.257 e. The van der Waals surface area contributed by atoms with Gasteiger partial charge in [-0.05, 0) is 36.8 Å². The third kappa shape index (κ3) is 8.99. The van der Waals surface area contributed by atoms with Crippen LogP contribution < -0.4 is 16.6 Å². The van der Waals surface area contributed by atoms with E-state index in [0.717, 1.165) is 11.1 Å². The summed E-state index contributed by atoms with van der Waals surface area (Å²) in [5, 5.41) is 10.6. The van der Waals surface area contributed by atoms with Crippen molar-refractivity contribution in [1.29, 1.82) is 0 Å². The molecular weight excluding hydrogens is 444 g/mol. The smallest absolute Gasteiger partial charge is 0.257 e. The fourth-order valence-corrected chi connectivity index (χ4v) is 3.81. The topological polar surface area (TPSA) is 125 Å². The van der Waals surface area contributed by atoms with Gasteiger partial charge in [0.05, 0.1) is 24.4 Å². The quantitative estimate of drug-likeness (QED) is 0.290. The van der Waals surface area contributed by atoms with E-state index in [1.54, 1.807) is 12.4 Å². The number of allylic oxidation sites excluding steroid dienone is 1. The van der Waals surface area contributed by atoms with Gasteiger partial charge in [0.15, 0.2) is 0 Å². The number of hydrazine groups is 1. The van der Waals surface area contributed by atoms with E-state index in [4.69, 9.17) is 5.73 Å². The molecular formula is C27H36N4O4. The number of nitrogens with zero attached hydrogens (tertiary/aromatic N) is 1. The molecule has 0 aliphatic rings. The first-order valence-corrected chi connectivity index (χ1v) is 11.8. The van der Waals surface area contributed by atoms with Crippen molar-refractivity contribution in [3.63, 3.8) is 0 Å². The van der Waals surface area contributed by atoms with Gasteiger partial charge >= 0.3 is 0 Å². The summed E-state index contributed by atoms with van der Waals surface area (Å²) in [7, 11) is 0. The van der Waals surface area contributed by atoms with Gasteiger partial charge in [0, 0.05) is 0 Å². The summed E-state index contributed by atoms with van der Waals surface area (Å²) in [4.78, 5) is 38.9. The van der Waals surface area contributed by atoms with Gasteiger partial charge in [-0.1, -0.05) is 86.7 Å². The molecule has 0 aliphatic heterocycles. The predicted octanol–water partition coefficient (Wildman–Crippen LogP) is 3.28.